The van der Waals surface area contributed by atoms with E-state index in [0.29, 0.717) is 41.1 Å². The summed E-state index contributed by atoms with van der Waals surface area (Å²) in [4.78, 5) is 43.0. The van der Waals surface area contributed by atoms with Gasteiger partial charge in [-0.15, -0.1) is 11.3 Å². The average molecular weight is 482 g/mol. The highest BCUT2D eigenvalue weighted by Gasteiger charge is 2.27. The van der Waals surface area contributed by atoms with Gasteiger partial charge in [-0.2, -0.15) is 4.98 Å². The van der Waals surface area contributed by atoms with Crippen molar-refractivity contribution in [1.82, 2.24) is 30.6 Å². The number of carbonyl (C=O) groups excluding carboxylic acids is 2. The van der Waals surface area contributed by atoms with Crippen molar-refractivity contribution in [2.45, 2.75) is 19.4 Å². The zero-order valence-electron chi connectivity index (χ0n) is 17.2. The molecule has 10 nitrogen and oxygen atoms in total. The quantitative estimate of drug-likeness (QED) is 0.372. The molecule has 2 amide bonds. The SMILES string of the molecule is C[C@@H]1CNc2c(sc3ccc4nc(Oc5nc(Cl)nc6c5C(=O)NCC6)cnc4c23)C(=O)N1. The van der Waals surface area contributed by atoms with Crippen LogP contribution in [0.3, 0.4) is 0 Å². The number of anilines is 1. The van der Waals surface area contributed by atoms with Gasteiger partial charge in [0.1, 0.15) is 10.4 Å². The molecule has 2 aliphatic heterocycles. The minimum Gasteiger partial charge on any atom is -0.418 e. The number of aromatic nitrogens is 4. The van der Waals surface area contributed by atoms with Gasteiger partial charge in [0, 0.05) is 35.6 Å². The van der Waals surface area contributed by atoms with Crippen molar-refractivity contribution in [3.8, 4) is 11.8 Å². The summed E-state index contributed by atoms with van der Waals surface area (Å²) in [6, 6.07) is 3.74. The number of hydrogen-bond donors (Lipinski definition) is 3. The molecule has 12 heteroatoms. The predicted octanol–water partition coefficient (Wildman–Crippen LogP) is 2.91. The summed E-state index contributed by atoms with van der Waals surface area (Å²) in [5.41, 5.74) is 2.77. The Hall–Kier alpha value is -3.57. The molecule has 3 aromatic heterocycles. The second kappa shape index (κ2) is 7.49. The molecule has 1 atom stereocenters. The Labute approximate surface area is 195 Å². The van der Waals surface area contributed by atoms with Crippen LogP contribution in [0.25, 0.3) is 21.1 Å². The van der Waals surface area contributed by atoms with E-state index in [9.17, 15) is 9.59 Å². The molecule has 1 aromatic carbocycles. The lowest BCUT2D eigenvalue weighted by Crippen LogP contribution is -2.34. The third-order valence-corrected chi connectivity index (χ3v) is 6.83. The maximum atomic E-state index is 12.6. The summed E-state index contributed by atoms with van der Waals surface area (Å²) in [5.74, 6) is -0.224. The second-order valence-corrected chi connectivity index (χ2v) is 9.19. The molecule has 3 N–H and O–H groups in total. The zero-order valence-corrected chi connectivity index (χ0v) is 18.8. The fourth-order valence-corrected chi connectivity index (χ4v) is 5.31. The standard InChI is InChI=1S/C21H16ClN7O3S/c1-8-6-24-16-14-11(33-17(16)19(31)26-8)3-2-10-15(14)25-7-12(27-10)32-20-13-9(28-21(22)29-20)4-5-23-18(13)30/h2-3,7-8,24H,4-6H2,1H3,(H,23,30)(H,26,31)/t8-/m1/s1. The van der Waals surface area contributed by atoms with E-state index in [1.54, 1.807) is 0 Å². The van der Waals surface area contributed by atoms with Gasteiger partial charge < -0.3 is 20.7 Å². The molecule has 166 valence electrons. The zero-order chi connectivity index (χ0) is 22.7. The van der Waals surface area contributed by atoms with Gasteiger partial charge in [-0.25, -0.2) is 15.0 Å². The predicted molar refractivity (Wildman–Crippen MR) is 123 cm³/mol. The summed E-state index contributed by atoms with van der Waals surface area (Å²) >= 11 is 7.45. The molecule has 2 aliphatic rings. The van der Waals surface area contributed by atoms with Crippen LogP contribution in [0.15, 0.2) is 18.3 Å². The van der Waals surface area contributed by atoms with Crippen molar-refractivity contribution in [1.29, 1.82) is 0 Å². The highest BCUT2D eigenvalue weighted by atomic mass is 35.5. The molecule has 0 fully saturated rings. The number of fused-ring (bicyclic) bond motifs is 6. The molecule has 0 bridgehead atoms. The number of benzene rings is 1. The Bertz CT molecular complexity index is 1490. The molecule has 5 heterocycles. The lowest BCUT2D eigenvalue weighted by Gasteiger charge is -2.17. The molecular weight excluding hydrogens is 466 g/mol. The highest BCUT2D eigenvalue weighted by Crippen LogP contribution is 2.40. The van der Waals surface area contributed by atoms with Crippen molar-refractivity contribution in [2.75, 3.05) is 18.4 Å². The maximum absolute atomic E-state index is 12.6. The first-order valence-corrected chi connectivity index (χ1v) is 11.5. The van der Waals surface area contributed by atoms with E-state index in [2.05, 4.69) is 35.9 Å². The van der Waals surface area contributed by atoms with Crippen LogP contribution in [0.1, 0.15) is 32.6 Å². The van der Waals surface area contributed by atoms with E-state index in [0.717, 1.165) is 15.8 Å². The lowest BCUT2D eigenvalue weighted by atomic mass is 10.1. The van der Waals surface area contributed by atoms with Crippen LogP contribution in [0, 0.1) is 0 Å². The first kappa shape index (κ1) is 20.1. The van der Waals surface area contributed by atoms with Crippen LogP contribution >= 0.6 is 22.9 Å². The minimum atomic E-state index is -0.321. The van der Waals surface area contributed by atoms with Crippen LogP contribution in [0.5, 0.6) is 11.8 Å². The number of amides is 2. The van der Waals surface area contributed by atoms with Crippen molar-refractivity contribution in [3.63, 3.8) is 0 Å². The molecule has 0 saturated carbocycles. The summed E-state index contributed by atoms with van der Waals surface area (Å²) in [5, 5.41) is 9.94. The van der Waals surface area contributed by atoms with Crippen molar-refractivity contribution in [2.24, 2.45) is 0 Å². The molecule has 0 radical (unpaired) electrons. The molecule has 33 heavy (non-hydrogen) atoms. The van der Waals surface area contributed by atoms with E-state index < -0.39 is 0 Å². The van der Waals surface area contributed by atoms with E-state index >= 15 is 0 Å². The van der Waals surface area contributed by atoms with Gasteiger partial charge in [-0.05, 0) is 30.7 Å². The van der Waals surface area contributed by atoms with Gasteiger partial charge in [-0.3, -0.25) is 9.59 Å². The minimum absolute atomic E-state index is 0.00606. The monoisotopic (exact) mass is 481 g/mol. The van der Waals surface area contributed by atoms with Gasteiger partial charge in [0.15, 0.2) is 0 Å². The summed E-state index contributed by atoms with van der Waals surface area (Å²) in [7, 11) is 0. The first-order chi connectivity index (χ1) is 16.0. The number of nitrogens with zero attached hydrogens (tertiary/aromatic N) is 4. The van der Waals surface area contributed by atoms with Crippen LogP contribution in [-0.2, 0) is 6.42 Å². The van der Waals surface area contributed by atoms with Crippen molar-refractivity contribution in [3.05, 3.63) is 39.7 Å². The van der Waals surface area contributed by atoms with E-state index in [1.165, 1.54) is 17.5 Å². The van der Waals surface area contributed by atoms with Gasteiger partial charge in [-0.1, -0.05) is 0 Å². The molecule has 0 aliphatic carbocycles. The normalized spacial score (nSPS) is 17.6. The molecule has 0 spiro atoms. The van der Waals surface area contributed by atoms with Gasteiger partial charge >= 0.3 is 0 Å². The van der Waals surface area contributed by atoms with E-state index in [1.807, 2.05) is 19.1 Å². The highest BCUT2D eigenvalue weighted by molar-refractivity contribution is 7.21. The maximum Gasteiger partial charge on any atom is 0.263 e. The third-order valence-electron chi connectivity index (χ3n) is 5.51. The number of carbonyl (C=O) groups is 2. The Kier molecular flexibility index (Phi) is 4.56. The fraction of sp³-hybridized carbons (Fsp3) is 0.238. The topological polar surface area (TPSA) is 131 Å². The first-order valence-electron chi connectivity index (χ1n) is 10.3. The van der Waals surface area contributed by atoms with Gasteiger partial charge in [0.25, 0.3) is 11.8 Å². The van der Waals surface area contributed by atoms with Crippen LogP contribution in [-0.4, -0.2) is 50.9 Å². The van der Waals surface area contributed by atoms with Crippen LogP contribution in [0.4, 0.5) is 5.69 Å². The summed E-state index contributed by atoms with van der Waals surface area (Å²) in [6.45, 7) is 3.03. The van der Waals surface area contributed by atoms with Crippen LogP contribution < -0.4 is 20.7 Å². The molecule has 0 saturated heterocycles. The number of halogens is 1. The van der Waals surface area contributed by atoms with E-state index in [-0.39, 0.29) is 40.5 Å². The smallest absolute Gasteiger partial charge is 0.263 e. The number of rotatable bonds is 2. The number of nitrogens with one attached hydrogen (secondary N) is 3. The molecule has 4 aromatic rings. The average Bonchev–Trinajstić information content (AvgIpc) is 3.10. The molecule has 6 rings (SSSR count). The van der Waals surface area contributed by atoms with E-state index in [4.69, 9.17) is 16.3 Å². The largest absolute Gasteiger partial charge is 0.418 e. The Morgan fingerprint density at radius 3 is 2.91 bits per heavy atom. The second-order valence-electron chi connectivity index (χ2n) is 7.80. The number of hydrogen-bond acceptors (Lipinski definition) is 9. The van der Waals surface area contributed by atoms with Crippen molar-refractivity contribution < 1.29 is 14.3 Å². The van der Waals surface area contributed by atoms with Gasteiger partial charge in [0.05, 0.1) is 28.6 Å². The Balaban J connectivity index is 1.45. The molecular formula is C21H16ClN7O3S. The summed E-state index contributed by atoms with van der Waals surface area (Å²) < 4.78 is 6.78. The van der Waals surface area contributed by atoms with Gasteiger partial charge in [0.2, 0.25) is 17.0 Å². The summed E-state index contributed by atoms with van der Waals surface area (Å²) in [6.07, 6.45) is 2.00. The van der Waals surface area contributed by atoms with Crippen molar-refractivity contribution >= 4 is 61.6 Å². The Morgan fingerprint density at radius 1 is 1.15 bits per heavy atom. The Morgan fingerprint density at radius 2 is 2.03 bits per heavy atom. The number of ether oxygens (including phenoxy) is 1. The number of thiophene rings is 1. The van der Waals surface area contributed by atoms with Crippen LogP contribution in [0.2, 0.25) is 5.28 Å². The third kappa shape index (κ3) is 3.31. The fourth-order valence-electron chi connectivity index (χ4n) is 4.04. The lowest BCUT2D eigenvalue weighted by molar-refractivity contribution is 0.0935. The molecule has 0 unspecified atom stereocenters.